The third-order valence-corrected chi connectivity index (χ3v) is 4.75. The number of aryl methyl sites for hydroxylation is 1. The highest BCUT2D eigenvalue weighted by atomic mass is 35.5. The number of halogens is 1. The second kappa shape index (κ2) is 5.59. The molecule has 0 radical (unpaired) electrons. The molecule has 0 aliphatic heterocycles. The van der Waals surface area contributed by atoms with Crippen molar-refractivity contribution in [2.75, 3.05) is 11.5 Å². The van der Waals surface area contributed by atoms with Gasteiger partial charge in [0, 0.05) is 12.4 Å². The minimum Gasteiger partial charge on any atom is -0.398 e. The summed E-state index contributed by atoms with van der Waals surface area (Å²) in [6.45, 7) is 0. The molecule has 0 fully saturated rings. The number of nitrogen functional groups attached to an aromatic ring is 1. The average molecular weight is 297 g/mol. The highest BCUT2D eigenvalue weighted by Crippen LogP contribution is 2.23. The first kappa shape index (κ1) is 13.8. The quantitative estimate of drug-likeness (QED) is 0.879. The molecule has 0 amide bonds. The third-order valence-electron chi connectivity index (χ3n) is 2.71. The van der Waals surface area contributed by atoms with E-state index in [4.69, 9.17) is 17.3 Å². The van der Waals surface area contributed by atoms with Gasteiger partial charge in [0.15, 0.2) is 9.84 Å². The second-order valence-corrected chi connectivity index (χ2v) is 6.63. The van der Waals surface area contributed by atoms with Gasteiger partial charge < -0.3 is 5.73 Å². The molecule has 0 unspecified atom stereocenters. The van der Waals surface area contributed by atoms with Crippen LogP contribution in [0.4, 0.5) is 5.69 Å². The van der Waals surface area contributed by atoms with E-state index in [2.05, 4.69) is 4.98 Å². The van der Waals surface area contributed by atoms with Crippen molar-refractivity contribution in [3.8, 4) is 0 Å². The fourth-order valence-corrected chi connectivity index (χ4v) is 3.18. The highest BCUT2D eigenvalue weighted by molar-refractivity contribution is 7.91. The van der Waals surface area contributed by atoms with Crippen LogP contribution in [0.5, 0.6) is 0 Å². The Labute approximate surface area is 117 Å². The lowest BCUT2D eigenvalue weighted by atomic mass is 10.2. The Balaban J connectivity index is 2.16. The van der Waals surface area contributed by atoms with Gasteiger partial charge in [-0.15, -0.1) is 0 Å². The molecule has 0 bridgehead atoms. The van der Waals surface area contributed by atoms with Crippen molar-refractivity contribution in [3.05, 3.63) is 53.3 Å². The van der Waals surface area contributed by atoms with E-state index in [1.165, 1.54) is 18.2 Å². The van der Waals surface area contributed by atoms with Gasteiger partial charge in [-0.25, -0.2) is 8.42 Å². The molecule has 0 spiro atoms. The molecule has 0 aliphatic rings. The Morgan fingerprint density at radius 1 is 1.26 bits per heavy atom. The van der Waals surface area contributed by atoms with E-state index in [-0.39, 0.29) is 15.7 Å². The largest absolute Gasteiger partial charge is 0.398 e. The number of rotatable bonds is 4. The maximum Gasteiger partial charge on any atom is 0.178 e. The first-order chi connectivity index (χ1) is 8.99. The van der Waals surface area contributed by atoms with Gasteiger partial charge in [-0.1, -0.05) is 17.7 Å². The molecular weight excluding hydrogens is 284 g/mol. The lowest BCUT2D eigenvalue weighted by molar-refractivity contribution is 0.595. The predicted molar refractivity (Wildman–Crippen MR) is 75.9 cm³/mol. The Kier molecular flexibility index (Phi) is 4.07. The zero-order valence-electron chi connectivity index (χ0n) is 10.1. The molecule has 1 heterocycles. The second-order valence-electron chi connectivity index (χ2n) is 4.11. The van der Waals surface area contributed by atoms with E-state index in [0.29, 0.717) is 12.1 Å². The Morgan fingerprint density at radius 2 is 2.05 bits per heavy atom. The zero-order chi connectivity index (χ0) is 13.9. The predicted octanol–water partition coefficient (Wildman–Crippen LogP) is 2.33. The van der Waals surface area contributed by atoms with Crippen molar-refractivity contribution in [3.63, 3.8) is 0 Å². The van der Waals surface area contributed by atoms with Crippen LogP contribution in [0.25, 0.3) is 0 Å². The van der Waals surface area contributed by atoms with E-state index < -0.39 is 9.84 Å². The molecule has 0 saturated carbocycles. The summed E-state index contributed by atoms with van der Waals surface area (Å²) >= 11 is 5.84. The summed E-state index contributed by atoms with van der Waals surface area (Å²) in [4.78, 5) is 4.14. The zero-order valence-corrected chi connectivity index (χ0v) is 11.7. The minimum atomic E-state index is -3.37. The third kappa shape index (κ3) is 3.45. The van der Waals surface area contributed by atoms with Crippen LogP contribution in [-0.4, -0.2) is 19.2 Å². The lowest BCUT2D eigenvalue weighted by Gasteiger charge is -2.06. The summed E-state index contributed by atoms with van der Waals surface area (Å²) in [7, 11) is -3.37. The molecule has 2 rings (SSSR count). The summed E-state index contributed by atoms with van der Waals surface area (Å²) < 4.78 is 24.3. The highest BCUT2D eigenvalue weighted by Gasteiger charge is 2.15. The number of benzene rings is 1. The Morgan fingerprint density at radius 3 is 2.68 bits per heavy atom. The van der Waals surface area contributed by atoms with Crippen molar-refractivity contribution in [1.82, 2.24) is 4.98 Å². The van der Waals surface area contributed by atoms with Crippen LogP contribution in [0.1, 0.15) is 5.56 Å². The van der Waals surface area contributed by atoms with Crippen molar-refractivity contribution >= 4 is 27.1 Å². The molecule has 0 aliphatic carbocycles. The summed E-state index contributed by atoms with van der Waals surface area (Å²) in [5.74, 6) is 0.0128. The standard InChI is InChI=1S/C13H13ClN2O2S/c14-12-8-11(3-4-13(12)15)19(17,18)7-5-10-2-1-6-16-9-10/h1-4,6,8-9H,5,7,15H2. The van der Waals surface area contributed by atoms with Crippen LogP contribution in [0.15, 0.2) is 47.6 Å². The first-order valence-electron chi connectivity index (χ1n) is 5.66. The van der Waals surface area contributed by atoms with E-state index in [9.17, 15) is 8.42 Å². The average Bonchev–Trinajstić information content (AvgIpc) is 2.41. The number of anilines is 1. The molecule has 6 heteroatoms. The van der Waals surface area contributed by atoms with Gasteiger partial charge in [0.05, 0.1) is 21.4 Å². The Bertz CT molecular complexity index is 672. The lowest BCUT2D eigenvalue weighted by Crippen LogP contribution is -2.09. The number of hydrogen-bond acceptors (Lipinski definition) is 4. The van der Waals surface area contributed by atoms with Crippen LogP contribution in [0, 0.1) is 0 Å². The topological polar surface area (TPSA) is 73.1 Å². The van der Waals surface area contributed by atoms with E-state index >= 15 is 0 Å². The molecule has 0 saturated heterocycles. The van der Waals surface area contributed by atoms with Crippen molar-refractivity contribution in [2.45, 2.75) is 11.3 Å². The molecular formula is C13H13ClN2O2S. The monoisotopic (exact) mass is 296 g/mol. The van der Waals surface area contributed by atoms with Crippen molar-refractivity contribution in [1.29, 1.82) is 0 Å². The molecule has 19 heavy (non-hydrogen) atoms. The molecule has 1 aromatic heterocycles. The fourth-order valence-electron chi connectivity index (χ4n) is 1.62. The van der Waals surface area contributed by atoms with Gasteiger partial charge in [-0.05, 0) is 36.2 Å². The van der Waals surface area contributed by atoms with Gasteiger partial charge in [0.1, 0.15) is 0 Å². The number of nitrogens with two attached hydrogens (primary N) is 1. The molecule has 4 nitrogen and oxygen atoms in total. The summed E-state index contributed by atoms with van der Waals surface area (Å²) in [6.07, 6.45) is 3.72. The normalized spacial score (nSPS) is 11.4. The number of pyridine rings is 1. The summed E-state index contributed by atoms with van der Waals surface area (Å²) in [5, 5.41) is 0.252. The van der Waals surface area contributed by atoms with Gasteiger partial charge in [-0.3, -0.25) is 4.98 Å². The minimum absolute atomic E-state index is 0.0128. The molecule has 1 aromatic carbocycles. The maximum absolute atomic E-state index is 12.1. The molecule has 100 valence electrons. The van der Waals surface area contributed by atoms with Gasteiger partial charge in [0.2, 0.25) is 0 Å². The molecule has 0 atom stereocenters. The number of sulfone groups is 1. The van der Waals surface area contributed by atoms with Gasteiger partial charge >= 0.3 is 0 Å². The number of aromatic nitrogens is 1. The summed E-state index contributed by atoms with van der Waals surface area (Å²) in [6, 6.07) is 7.98. The fraction of sp³-hybridized carbons (Fsp3) is 0.154. The van der Waals surface area contributed by atoms with E-state index in [1.54, 1.807) is 18.5 Å². The number of nitrogens with zero attached hydrogens (tertiary/aromatic N) is 1. The molecule has 2 aromatic rings. The van der Waals surface area contributed by atoms with Gasteiger partial charge in [0.25, 0.3) is 0 Å². The van der Waals surface area contributed by atoms with E-state index in [0.717, 1.165) is 5.56 Å². The SMILES string of the molecule is Nc1ccc(S(=O)(=O)CCc2cccnc2)cc1Cl. The summed E-state index contributed by atoms with van der Waals surface area (Å²) in [5.41, 5.74) is 6.81. The Hall–Kier alpha value is -1.59. The van der Waals surface area contributed by atoms with Crippen LogP contribution < -0.4 is 5.73 Å². The first-order valence-corrected chi connectivity index (χ1v) is 7.69. The van der Waals surface area contributed by atoms with Crippen LogP contribution in [0.2, 0.25) is 5.02 Å². The van der Waals surface area contributed by atoms with Crippen molar-refractivity contribution in [2.24, 2.45) is 0 Å². The van der Waals surface area contributed by atoms with E-state index in [1.807, 2.05) is 6.07 Å². The smallest absolute Gasteiger partial charge is 0.178 e. The van der Waals surface area contributed by atoms with Crippen LogP contribution >= 0.6 is 11.6 Å². The van der Waals surface area contributed by atoms with Crippen LogP contribution in [-0.2, 0) is 16.3 Å². The van der Waals surface area contributed by atoms with Gasteiger partial charge in [-0.2, -0.15) is 0 Å². The molecule has 2 N–H and O–H groups in total. The van der Waals surface area contributed by atoms with Crippen LogP contribution in [0.3, 0.4) is 0 Å². The van der Waals surface area contributed by atoms with Crippen molar-refractivity contribution < 1.29 is 8.42 Å². The maximum atomic E-state index is 12.1. The number of hydrogen-bond donors (Lipinski definition) is 1.